The van der Waals surface area contributed by atoms with Crippen molar-refractivity contribution in [2.45, 2.75) is 312 Å². The first-order chi connectivity index (χ1) is 68.9. The number of H-pyrrole nitrogens is 2. The number of phenolic OH excluding ortho intramolecular Hbond substituents is 1. The summed E-state index contributed by atoms with van der Waals surface area (Å²) in [6.07, 6.45) is 10.8. The van der Waals surface area contributed by atoms with Gasteiger partial charge in [0.2, 0.25) is 11.8 Å². The SMILES string of the molecule is CCc1cc(O)c(F)cc1-c1cnc2c(-c3nc4c([nH]3)CN(C(=O)C3CC3)C4)n[nH]c2c1.CCc1cc(OCOCC[Si](C)(C)C)c(F)cc1-c1cnc2c(-c3nc4c(n3COCC[Si](C)(C)C)CN(C(=O)C3CC3)C4)n(COCC[Si](C)(C)C)nc2c1.CCc1cc(OCOCC[Si](C)(C)C)c(F)cc1-c1cnc2c(-c3nc4c(n3COCC[Si](C)(C)C)CN(C(=O)OC(C)(C)C)C4)n(COCC[Si](C)(C)C)nc2c1. The van der Waals surface area contributed by atoms with E-state index in [0.717, 1.165) is 146 Å². The van der Waals surface area contributed by atoms with E-state index in [0.29, 0.717) is 172 Å². The molecule has 9 aromatic heterocycles. The van der Waals surface area contributed by atoms with Crippen molar-refractivity contribution in [2.24, 2.45) is 11.8 Å². The molecule has 0 atom stereocenters. The molecule has 788 valence electrons. The number of nitrogens with one attached hydrogen (secondary N) is 2. The molecule has 3 amide bonds. The van der Waals surface area contributed by atoms with E-state index in [1.54, 1.807) is 35.6 Å². The number of aromatic nitrogens is 15. The van der Waals surface area contributed by atoms with Crippen molar-refractivity contribution >= 4 is 99.5 Å². The average molecular weight is 2110 g/mol. The number of hydrogen-bond donors (Lipinski definition) is 3. The predicted octanol–water partition coefficient (Wildman–Crippen LogP) is 23.1. The summed E-state index contributed by atoms with van der Waals surface area (Å²) in [4.78, 5) is 77.0. The molecule has 2 aliphatic carbocycles. The number of ether oxygens (including phenoxy) is 9. The molecule has 0 bridgehead atoms. The Morgan fingerprint density at radius 1 is 0.438 bits per heavy atom. The summed E-state index contributed by atoms with van der Waals surface area (Å²) < 4.78 is 107. The maximum Gasteiger partial charge on any atom is 0.410 e. The van der Waals surface area contributed by atoms with Gasteiger partial charge < -0.3 is 71.7 Å². The van der Waals surface area contributed by atoms with Gasteiger partial charge in [-0.15, -0.1) is 0 Å². The summed E-state index contributed by atoms with van der Waals surface area (Å²) in [6, 6.07) is 21.3. The fourth-order valence-corrected chi connectivity index (χ4v) is 22.0. The Bertz CT molecular complexity index is 6660. The molecule has 40 heteroatoms. The zero-order valence-corrected chi connectivity index (χ0v) is 96.1. The molecule has 146 heavy (non-hydrogen) atoms. The van der Waals surface area contributed by atoms with Crippen molar-refractivity contribution in [2.75, 3.05) is 53.2 Å². The minimum atomic E-state index is -1.35. The van der Waals surface area contributed by atoms with Crippen molar-refractivity contribution in [3.8, 4) is 85.2 Å². The standard InChI is InChI=1S/C42H67FN6O6Si3.C41H63FN6O5Si3.C23H21FN6O2/c1-14-30-22-37(54-29-53-17-20-58(11,12)13)33(43)23-32(30)31-21-34-38(44-24-31)39(49(46-34)28-52-16-19-57(8,9)10)40-45-35-25-47(41(50)55-42(2,3)4)26-36(35)48(40)27-51-15-18-56(5,6)7;1-11-29-21-37(53-28-52-16-19-56(8,9)10)33(42)22-32(29)31-20-34-38(43-23-31)39(48(45-34)27-51-15-18-55(5,6)7)40-44-35-24-46(41(49)30-12-13-30)25-36(35)47(40)26-50-14-17-54(2,3)4;1-2-11-6-19(31)15(24)7-14(11)13-5-16-20(25-8-13)21(29-28-16)22-26-17-9-30(10-18(17)27-22)23(32)12-3-4-12/h21-24H,14-20,25-29H2,1-13H3;20-23,30H,11-19,24-28H2,1-10H3;5-8,12,31H,2-4,9-10H2,1H3,(H,26,27)(H,28,29). The third kappa shape index (κ3) is 28.2. The second-order valence-electron chi connectivity index (χ2n) is 47.6. The number of pyridine rings is 3. The molecular formula is C106H151F3N18O13Si6. The Morgan fingerprint density at radius 2 is 0.815 bits per heavy atom. The maximum atomic E-state index is 15.6. The van der Waals surface area contributed by atoms with Crippen LogP contribution in [-0.4, -0.2) is 219 Å². The lowest BCUT2D eigenvalue weighted by atomic mass is 9.98. The molecule has 12 aromatic rings. The number of carbonyl (C=O) groups is 3. The van der Waals surface area contributed by atoms with Gasteiger partial charge in [-0.05, 0) is 190 Å². The molecule has 2 saturated carbocycles. The minimum absolute atomic E-state index is 0.000772. The molecule has 3 aromatic carbocycles. The van der Waals surface area contributed by atoms with Crippen molar-refractivity contribution in [3.05, 3.63) is 141 Å². The summed E-state index contributed by atoms with van der Waals surface area (Å²) >= 11 is 0. The smallest absolute Gasteiger partial charge is 0.410 e. The normalized spacial score (nSPS) is 14.6. The van der Waals surface area contributed by atoms with E-state index in [1.165, 1.54) is 24.3 Å². The highest BCUT2D eigenvalue weighted by Gasteiger charge is 2.42. The number of aromatic amines is 2. The topological polar surface area (TPSA) is 332 Å². The van der Waals surface area contributed by atoms with Crippen LogP contribution < -0.4 is 9.47 Å². The fraction of sp³-hybridized carbons (Fsp3) is 0.547. The van der Waals surface area contributed by atoms with E-state index in [1.807, 2.05) is 83.5 Å². The number of amides is 3. The van der Waals surface area contributed by atoms with Crippen LogP contribution >= 0.6 is 0 Å². The molecule has 17 rings (SSSR count). The number of rotatable bonds is 43. The average Bonchev–Trinajstić information content (AvgIpc) is 1.59. The van der Waals surface area contributed by atoms with Gasteiger partial charge in [-0.2, -0.15) is 15.3 Å². The monoisotopic (exact) mass is 2110 g/mol. The lowest BCUT2D eigenvalue weighted by molar-refractivity contribution is -0.134. The van der Waals surface area contributed by atoms with Crippen LogP contribution in [0.5, 0.6) is 17.2 Å². The molecule has 3 N–H and O–H groups in total. The van der Waals surface area contributed by atoms with Crippen LogP contribution in [0.15, 0.2) is 73.2 Å². The number of phenols is 1. The largest absolute Gasteiger partial charge is 0.505 e. The van der Waals surface area contributed by atoms with E-state index in [9.17, 15) is 23.9 Å². The Kier molecular flexibility index (Phi) is 34.3. The van der Waals surface area contributed by atoms with Crippen molar-refractivity contribution in [1.29, 1.82) is 0 Å². The zero-order valence-electron chi connectivity index (χ0n) is 90.1. The van der Waals surface area contributed by atoms with E-state index < -0.39 is 71.5 Å². The summed E-state index contributed by atoms with van der Waals surface area (Å²) in [7, 11) is -7.80. The fourth-order valence-electron chi connectivity index (χ4n) is 17.4. The Morgan fingerprint density at radius 3 is 1.23 bits per heavy atom. The number of nitrogens with zero attached hydrogens (tertiary/aromatic N) is 16. The lowest BCUT2D eigenvalue weighted by Crippen LogP contribution is -2.34. The van der Waals surface area contributed by atoms with Gasteiger partial charge in [0.1, 0.15) is 71.5 Å². The molecule has 0 radical (unpaired) electrons. The predicted molar refractivity (Wildman–Crippen MR) is 580 cm³/mol. The van der Waals surface area contributed by atoms with Gasteiger partial charge in [0.25, 0.3) is 0 Å². The lowest BCUT2D eigenvalue weighted by Gasteiger charge is -2.24. The number of imidazole rings is 3. The molecule has 31 nitrogen and oxygen atoms in total. The summed E-state index contributed by atoms with van der Waals surface area (Å²) in [6.45, 7) is 60.8. The highest BCUT2D eigenvalue weighted by Crippen LogP contribution is 2.44. The van der Waals surface area contributed by atoms with E-state index in [2.05, 4.69) is 148 Å². The summed E-state index contributed by atoms with van der Waals surface area (Å²) in [5, 5.41) is 27.2. The summed E-state index contributed by atoms with van der Waals surface area (Å²) in [5.41, 5.74) is 17.8. The van der Waals surface area contributed by atoms with E-state index in [-0.39, 0.29) is 80.8 Å². The van der Waals surface area contributed by atoms with E-state index >= 15 is 8.78 Å². The molecule has 0 unspecified atom stereocenters. The van der Waals surface area contributed by atoms with Gasteiger partial charge in [0.05, 0.1) is 78.9 Å². The molecular weight excluding hydrogens is 1960 g/mol. The number of aryl methyl sites for hydroxylation is 3. The van der Waals surface area contributed by atoms with Gasteiger partial charge in [0.15, 0.2) is 71.5 Å². The summed E-state index contributed by atoms with van der Waals surface area (Å²) in [5.74, 6) is 1.14. The number of halogens is 3. The van der Waals surface area contributed by atoms with Crippen LogP contribution in [0.2, 0.25) is 154 Å². The van der Waals surface area contributed by atoms with Crippen LogP contribution in [0.3, 0.4) is 0 Å². The second kappa shape index (κ2) is 45.6. The van der Waals surface area contributed by atoms with Crippen LogP contribution in [0.4, 0.5) is 18.0 Å². The van der Waals surface area contributed by atoms with Crippen LogP contribution in [0.1, 0.15) is 118 Å². The highest BCUT2D eigenvalue weighted by molar-refractivity contribution is 6.78. The number of hydrogen-bond acceptors (Lipinski definition) is 22. The minimum Gasteiger partial charge on any atom is -0.505 e. The van der Waals surface area contributed by atoms with Gasteiger partial charge in [-0.1, -0.05) is 139 Å². The quantitative estimate of drug-likeness (QED) is 0.0182. The third-order valence-electron chi connectivity index (χ3n) is 26.6. The van der Waals surface area contributed by atoms with Gasteiger partial charge in [-0.25, -0.2) is 42.3 Å². The molecule has 5 aliphatic rings. The Labute approximate surface area is 862 Å². The zero-order chi connectivity index (χ0) is 105. The van der Waals surface area contributed by atoms with E-state index in [4.69, 9.17) is 72.8 Å². The van der Waals surface area contributed by atoms with Crippen LogP contribution in [-0.2, 0) is 128 Å². The molecule has 3 aliphatic heterocycles. The third-order valence-corrected chi connectivity index (χ3v) is 36.8. The first-order valence-corrected chi connectivity index (χ1v) is 74.0. The number of fused-ring (bicyclic) bond motifs is 6. The van der Waals surface area contributed by atoms with Crippen molar-refractivity contribution in [1.82, 2.24) is 88.5 Å². The molecule has 2 fully saturated rings. The van der Waals surface area contributed by atoms with Crippen molar-refractivity contribution in [3.63, 3.8) is 0 Å². The molecule has 0 saturated heterocycles. The van der Waals surface area contributed by atoms with Gasteiger partial charge in [-0.3, -0.25) is 34.5 Å². The molecule has 0 spiro atoms. The first kappa shape index (κ1) is 110. The number of benzene rings is 3. The van der Waals surface area contributed by atoms with Gasteiger partial charge >= 0.3 is 6.09 Å². The highest BCUT2D eigenvalue weighted by atomic mass is 28.3. The van der Waals surface area contributed by atoms with Crippen molar-refractivity contribution < 1.29 is 75.3 Å². The second-order valence-corrected chi connectivity index (χ2v) is 81.4. The maximum absolute atomic E-state index is 15.6. The Hall–Kier alpha value is -10.4. The first-order valence-electron chi connectivity index (χ1n) is 51.7. The Balaban J connectivity index is 0.000000171. The molecule has 12 heterocycles. The van der Waals surface area contributed by atoms with Crippen LogP contribution in [0.25, 0.3) is 101 Å². The number of carbonyl (C=O) groups excluding carboxylic acids is 3. The van der Waals surface area contributed by atoms with Crippen LogP contribution in [0, 0.1) is 29.3 Å². The number of aromatic hydroxyl groups is 1. The van der Waals surface area contributed by atoms with Gasteiger partial charge in [0, 0.05) is 135 Å².